The van der Waals surface area contributed by atoms with Crippen molar-refractivity contribution >= 4 is 23.2 Å². The summed E-state index contributed by atoms with van der Waals surface area (Å²) in [5.74, 6) is 0.727. The van der Waals surface area contributed by atoms with Crippen LogP contribution in [0.5, 0.6) is 0 Å². The molecule has 1 N–H and O–H groups in total. The molecule has 1 saturated heterocycles. The largest absolute Gasteiger partial charge is 0.353 e. The summed E-state index contributed by atoms with van der Waals surface area (Å²) in [5.41, 5.74) is 1.36. The van der Waals surface area contributed by atoms with E-state index in [1.165, 1.54) is 23.3 Å². The summed E-state index contributed by atoms with van der Waals surface area (Å²) in [7, 11) is 0. The third-order valence-corrected chi connectivity index (χ3v) is 5.52. The van der Waals surface area contributed by atoms with Crippen LogP contribution in [-0.2, 0) is 17.6 Å². The average Bonchev–Trinajstić information content (AvgIpc) is 2.89. The van der Waals surface area contributed by atoms with Crippen molar-refractivity contribution in [2.75, 3.05) is 19.6 Å². The van der Waals surface area contributed by atoms with Gasteiger partial charge >= 0.3 is 0 Å². The number of aryl methyl sites for hydroxylation is 1. The highest BCUT2D eigenvalue weighted by atomic mass is 32.1. The summed E-state index contributed by atoms with van der Waals surface area (Å²) in [6.45, 7) is 3.61. The van der Waals surface area contributed by atoms with Crippen LogP contribution in [0.3, 0.4) is 0 Å². The van der Waals surface area contributed by atoms with E-state index in [1.807, 2.05) is 0 Å². The molecule has 1 aliphatic carbocycles. The minimum absolute atomic E-state index is 0.0206. The third kappa shape index (κ3) is 2.59. The lowest BCUT2D eigenvalue weighted by Crippen LogP contribution is -2.49. The summed E-state index contributed by atoms with van der Waals surface area (Å²) in [6.07, 6.45) is 4.66. The maximum atomic E-state index is 12.5. The van der Waals surface area contributed by atoms with Crippen molar-refractivity contribution in [3.63, 3.8) is 0 Å². The van der Waals surface area contributed by atoms with Crippen LogP contribution in [-0.4, -0.2) is 36.3 Å². The molecule has 2 heterocycles. The van der Waals surface area contributed by atoms with Crippen molar-refractivity contribution in [2.24, 2.45) is 5.92 Å². The molecule has 1 aromatic heterocycles. The fourth-order valence-corrected chi connectivity index (χ4v) is 4.20. The first-order chi connectivity index (χ1) is 9.67. The van der Waals surface area contributed by atoms with E-state index in [4.69, 9.17) is 0 Å². The Morgan fingerprint density at radius 3 is 3.15 bits per heavy atom. The van der Waals surface area contributed by atoms with Crippen molar-refractivity contribution in [3.05, 3.63) is 21.4 Å². The first-order valence-corrected chi connectivity index (χ1v) is 8.16. The van der Waals surface area contributed by atoms with E-state index in [2.05, 4.69) is 18.3 Å². The topological polar surface area (TPSA) is 49.4 Å². The number of fused-ring (bicyclic) bond motifs is 1. The first-order valence-electron chi connectivity index (χ1n) is 7.35. The molecule has 1 aliphatic heterocycles. The molecule has 4 nitrogen and oxygen atoms in total. The van der Waals surface area contributed by atoms with Gasteiger partial charge in [0.1, 0.15) is 0 Å². The Hall–Kier alpha value is -1.36. The van der Waals surface area contributed by atoms with Gasteiger partial charge in [-0.3, -0.25) is 9.59 Å². The van der Waals surface area contributed by atoms with E-state index in [-0.39, 0.29) is 18.4 Å². The van der Waals surface area contributed by atoms with Crippen LogP contribution in [0, 0.1) is 5.92 Å². The van der Waals surface area contributed by atoms with Gasteiger partial charge in [0, 0.05) is 18.0 Å². The van der Waals surface area contributed by atoms with Gasteiger partial charge in [0.05, 0.1) is 11.4 Å². The molecule has 0 aromatic carbocycles. The molecule has 1 atom stereocenters. The van der Waals surface area contributed by atoms with Gasteiger partial charge < -0.3 is 10.2 Å². The predicted molar refractivity (Wildman–Crippen MR) is 79.0 cm³/mol. The smallest absolute Gasteiger partial charge is 0.264 e. The van der Waals surface area contributed by atoms with Crippen molar-refractivity contribution in [3.8, 4) is 0 Å². The number of rotatable bonds is 2. The minimum Gasteiger partial charge on any atom is -0.353 e. The van der Waals surface area contributed by atoms with Gasteiger partial charge in [-0.25, -0.2) is 0 Å². The van der Waals surface area contributed by atoms with E-state index in [9.17, 15) is 9.59 Å². The van der Waals surface area contributed by atoms with Crippen molar-refractivity contribution in [1.29, 1.82) is 0 Å². The first kappa shape index (κ1) is 13.6. The number of amides is 2. The summed E-state index contributed by atoms with van der Waals surface area (Å²) in [4.78, 5) is 27.7. The number of hydrogen-bond acceptors (Lipinski definition) is 3. The Morgan fingerprint density at radius 1 is 1.55 bits per heavy atom. The second kappa shape index (κ2) is 5.56. The zero-order valence-corrected chi connectivity index (χ0v) is 12.6. The average molecular weight is 292 g/mol. The van der Waals surface area contributed by atoms with Crippen LogP contribution in [0.4, 0.5) is 0 Å². The van der Waals surface area contributed by atoms with Crippen LogP contribution in [0.25, 0.3) is 0 Å². The normalized spacial score (nSPS) is 22.4. The monoisotopic (exact) mass is 292 g/mol. The number of nitrogens with one attached hydrogen (secondary N) is 1. The quantitative estimate of drug-likeness (QED) is 0.904. The van der Waals surface area contributed by atoms with Crippen LogP contribution >= 0.6 is 11.3 Å². The molecule has 5 heteroatoms. The van der Waals surface area contributed by atoms with Gasteiger partial charge in [0.15, 0.2) is 0 Å². The zero-order chi connectivity index (χ0) is 14.1. The minimum atomic E-state index is -0.0584. The second-order valence-corrected chi connectivity index (χ2v) is 6.79. The maximum Gasteiger partial charge on any atom is 0.264 e. The lowest BCUT2D eigenvalue weighted by atomic mass is 9.87. The number of piperazine rings is 1. The molecule has 0 spiro atoms. The highest BCUT2D eigenvalue weighted by Crippen LogP contribution is 2.34. The van der Waals surface area contributed by atoms with Gasteiger partial charge in [-0.15, -0.1) is 11.3 Å². The highest BCUT2D eigenvalue weighted by Gasteiger charge is 2.26. The van der Waals surface area contributed by atoms with Gasteiger partial charge in [-0.2, -0.15) is 0 Å². The van der Waals surface area contributed by atoms with E-state index in [0.717, 1.165) is 23.6 Å². The van der Waals surface area contributed by atoms with E-state index < -0.39 is 0 Å². The maximum absolute atomic E-state index is 12.5. The zero-order valence-electron chi connectivity index (χ0n) is 11.8. The van der Waals surface area contributed by atoms with Gasteiger partial charge in [0.2, 0.25) is 5.91 Å². The SMILES string of the molecule is CCC1CCc2sc(C(=O)N3CCNC(=O)C3)cc2C1. The number of carbonyl (C=O) groups is 2. The van der Waals surface area contributed by atoms with E-state index in [1.54, 1.807) is 16.2 Å². The van der Waals surface area contributed by atoms with Gasteiger partial charge in [-0.1, -0.05) is 13.3 Å². The predicted octanol–water partition coefficient (Wildman–Crippen LogP) is 1.84. The Balaban J connectivity index is 1.76. The molecule has 0 saturated carbocycles. The Kier molecular flexibility index (Phi) is 3.78. The molecule has 0 bridgehead atoms. The molecular formula is C15H20N2O2S. The van der Waals surface area contributed by atoms with E-state index >= 15 is 0 Å². The van der Waals surface area contributed by atoms with Crippen LogP contribution in [0.1, 0.15) is 39.9 Å². The molecule has 1 fully saturated rings. The van der Waals surface area contributed by atoms with E-state index in [0.29, 0.717) is 13.1 Å². The summed E-state index contributed by atoms with van der Waals surface area (Å²) >= 11 is 1.63. The summed E-state index contributed by atoms with van der Waals surface area (Å²) in [6, 6.07) is 2.07. The van der Waals surface area contributed by atoms with Crippen molar-refractivity contribution < 1.29 is 9.59 Å². The van der Waals surface area contributed by atoms with Gasteiger partial charge in [-0.05, 0) is 36.8 Å². The standard InChI is InChI=1S/C15H20N2O2S/c1-2-10-3-4-12-11(7-10)8-13(20-12)15(19)17-6-5-16-14(18)9-17/h8,10H,2-7,9H2,1H3,(H,16,18). The Morgan fingerprint density at radius 2 is 2.40 bits per heavy atom. The molecule has 108 valence electrons. The Labute approximate surface area is 123 Å². The molecule has 2 aliphatic rings. The molecule has 1 unspecified atom stereocenters. The number of nitrogens with zero attached hydrogens (tertiary/aromatic N) is 1. The molecule has 1 aromatic rings. The summed E-state index contributed by atoms with van der Waals surface area (Å²) < 4.78 is 0. The van der Waals surface area contributed by atoms with Crippen LogP contribution in [0.15, 0.2) is 6.07 Å². The summed E-state index contributed by atoms with van der Waals surface area (Å²) in [5, 5.41) is 2.75. The number of hydrogen-bond donors (Lipinski definition) is 1. The second-order valence-electron chi connectivity index (χ2n) is 5.65. The van der Waals surface area contributed by atoms with Crippen LogP contribution in [0.2, 0.25) is 0 Å². The number of carbonyl (C=O) groups excluding carboxylic acids is 2. The molecule has 0 radical (unpaired) electrons. The lowest BCUT2D eigenvalue weighted by molar-refractivity contribution is -0.123. The molecule has 2 amide bonds. The molecule has 3 rings (SSSR count). The highest BCUT2D eigenvalue weighted by molar-refractivity contribution is 7.14. The molecule has 20 heavy (non-hydrogen) atoms. The third-order valence-electron chi connectivity index (χ3n) is 4.30. The Bertz CT molecular complexity index is 538. The van der Waals surface area contributed by atoms with Crippen molar-refractivity contribution in [2.45, 2.75) is 32.6 Å². The van der Waals surface area contributed by atoms with Crippen LogP contribution < -0.4 is 5.32 Å². The van der Waals surface area contributed by atoms with Gasteiger partial charge in [0.25, 0.3) is 5.91 Å². The van der Waals surface area contributed by atoms with Crippen molar-refractivity contribution in [1.82, 2.24) is 10.2 Å². The molecular weight excluding hydrogens is 272 g/mol. The fraction of sp³-hybridized carbons (Fsp3) is 0.600. The lowest BCUT2D eigenvalue weighted by Gasteiger charge is -2.26. The fourth-order valence-electron chi connectivity index (χ4n) is 3.02. The number of thiophene rings is 1.